The summed E-state index contributed by atoms with van der Waals surface area (Å²) < 4.78 is 0. The lowest BCUT2D eigenvalue weighted by Gasteiger charge is -2.24. The fourth-order valence-electron chi connectivity index (χ4n) is 2.28. The molecule has 3 nitrogen and oxygen atoms in total. The van der Waals surface area contributed by atoms with Crippen molar-refractivity contribution in [1.29, 1.82) is 5.26 Å². The third-order valence-corrected chi connectivity index (χ3v) is 3.67. The number of halogens is 1. The third-order valence-electron chi connectivity index (χ3n) is 3.36. The van der Waals surface area contributed by atoms with Crippen molar-refractivity contribution in [2.24, 2.45) is 0 Å². The summed E-state index contributed by atoms with van der Waals surface area (Å²) in [5, 5.41) is 9.36. The molecule has 0 unspecified atom stereocenters. The van der Waals surface area contributed by atoms with Crippen LogP contribution in [0, 0.1) is 18.3 Å². The summed E-state index contributed by atoms with van der Waals surface area (Å²) >= 11 is 5.84. The Morgan fingerprint density at radius 2 is 2.10 bits per heavy atom. The van der Waals surface area contributed by atoms with Gasteiger partial charge in [-0.15, -0.1) is 11.6 Å². The van der Waals surface area contributed by atoms with Gasteiger partial charge in [-0.3, -0.25) is 4.98 Å². The van der Waals surface area contributed by atoms with Crippen LogP contribution in [0.2, 0.25) is 0 Å². The second-order valence-electron chi connectivity index (χ2n) is 4.88. The number of anilines is 1. The van der Waals surface area contributed by atoms with E-state index in [9.17, 15) is 5.26 Å². The molecule has 0 spiro atoms. The minimum absolute atomic E-state index is 0.417. The van der Waals surface area contributed by atoms with Gasteiger partial charge in [-0.25, -0.2) is 0 Å². The Hall–Kier alpha value is -2.05. The highest BCUT2D eigenvalue weighted by Gasteiger charge is 2.11. The van der Waals surface area contributed by atoms with E-state index in [0.29, 0.717) is 18.0 Å². The molecule has 0 saturated heterocycles. The molecule has 1 heterocycles. The smallest absolute Gasteiger partial charge is 0.101 e. The van der Waals surface area contributed by atoms with Crippen LogP contribution in [0.5, 0.6) is 0 Å². The van der Waals surface area contributed by atoms with Gasteiger partial charge in [0, 0.05) is 18.1 Å². The van der Waals surface area contributed by atoms with E-state index in [2.05, 4.69) is 22.9 Å². The molecule has 0 aliphatic rings. The van der Waals surface area contributed by atoms with Crippen LogP contribution in [0.25, 0.3) is 0 Å². The Morgan fingerprint density at radius 3 is 2.71 bits per heavy atom. The van der Waals surface area contributed by atoms with Gasteiger partial charge >= 0.3 is 0 Å². The summed E-state index contributed by atoms with van der Waals surface area (Å²) in [5.41, 5.74) is 4.55. The molecule has 0 aliphatic heterocycles. The van der Waals surface area contributed by atoms with Gasteiger partial charge in [0.05, 0.1) is 23.5 Å². The van der Waals surface area contributed by atoms with E-state index < -0.39 is 0 Å². The van der Waals surface area contributed by atoms with Crippen molar-refractivity contribution in [3.8, 4) is 6.07 Å². The molecule has 1 aromatic carbocycles. The normalized spacial score (nSPS) is 10.2. The lowest BCUT2D eigenvalue weighted by Crippen LogP contribution is -2.23. The van der Waals surface area contributed by atoms with E-state index in [4.69, 9.17) is 11.6 Å². The number of nitrogens with zero attached hydrogens (tertiary/aromatic N) is 3. The first-order chi connectivity index (χ1) is 10.2. The molecule has 0 atom stereocenters. The van der Waals surface area contributed by atoms with Crippen LogP contribution in [-0.4, -0.2) is 11.5 Å². The molecule has 1 aromatic heterocycles. The highest BCUT2D eigenvalue weighted by Crippen LogP contribution is 2.23. The number of pyridine rings is 1. The number of hydrogen-bond donors (Lipinski definition) is 0. The fourth-order valence-corrected chi connectivity index (χ4v) is 2.45. The second-order valence-corrected chi connectivity index (χ2v) is 5.15. The summed E-state index contributed by atoms with van der Waals surface area (Å²) in [6.07, 6.45) is 0. The molecular formula is C17H18ClN3. The molecule has 0 N–H and O–H groups in total. The monoisotopic (exact) mass is 299 g/mol. The standard InChI is InChI=1S/C17H18ClN3/c1-3-21(12-16-6-4-5-13(2)20-16)17-8-7-14(10-18)9-15(17)11-19/h4-9H,3,10,12H2,1-2H3. The Kier molecular flexibility index (Phi) is 5.19. The highest BCUT2D eigenvalue weighted by molar-refractivity contribution is 6.17. The largest absolute Gasteiger partial charge is 0.365 e. The summed E-state index contributed by atoms with van der Waals surface area (Å²) in [6, 6.07) is 14.1. The maximum Gasteiger partial charge on any atom is 0.101 e. The number of nitriles is 1. The molecule has 0 fully saturated rings. The lowest BCUT2D eigenvalue weighted by atomic mass is 10.1. The van der Waals surface area contributed by atoms with E-state index in [1.54, 1.807) is 0 Å². The van der Waals surface area contributed by atoms with E-state index in [1.807, 2.05) is 43.3 Å². The highest BCUT2D eigenvalue weighted by atomic mass is 35.5. The van der Waals surface area contributed by atoms with Crippen LogP contribution in [0.15, 0.2) is 36.4 Å². The second kappa shape index (κ2) is 7.10. The van der Waals surface area contributed by atoms with Crippen molar-refractivity contribution in [1.82, 2.24) is 4.98 Å². The van der Waals surface area contributed by atoms with Crippen LogP contribution < -0.4 is 4.90 Å². The van der Waals surface area contributed by atoms with Crippen molar-refractivity contribution in [2.45, 2.75) is 26.3 Å². The SMILES string of the molecule is CCN(Cc1cccc(C)n1)c1ccc(CCl)cc1C#N. The molecule has 0 aliphatic carbocycles. The zero-order valence-corrected chi connectivity index (χ0v) is 13.1. The molecular weight excluding hydrogens is 282 g/mol. The van der Waals surface area contributed by atoms with Gasteiger partial charge in [0.2, 0.25) is 0 Å². The summed E-state index contributed by atoms with van der Waals surface area (Å²) in [5.74, 6) is 0.417. The number of benzene rings is 1. The Bertz CT molecular complexity index is 661. The molecule has 2 aromatic rings. The predicted octanol–water partition coefficient (Wildman–Crippen LogP) is 4.03. The summed E-state index contributed by atoms with van der Waals surface area (Å²) in [7, 11) is 0. The number of alkyl halides is 1. The average molecular weight is 300 g/mol. The number of aromatic nitrogens is 1. The topological polar surface area (TPSA) is 39.9 Å². The van der Waals surface area contributed by atoms with E-state index >= 15 is 0 Å². The zero-order valence-electron chi connectivity index (χ0n) is 12.3. The minimum atomic E-state index is 0.417. The number of rotatable bonds is 5. The first-order valence-corrected chi connectivity index (χ1v) is 7.47. The third kappa shape index (κ3) is 3.74. The fraction of sp³-hybridized carbons (Fsp3) is 0.294. The van der Waals surface area contributed by atoms with Gasteiger partial charge in [-0.05, 0) is 43.7 Å². The van der Waals surface area contributed by atoms with Crippen LogP contribution in [-0.2, 0) is 12.4 Å². The maximum absolute atomic E-state index is 9.36. The molecule has 0 saturated carbocycles. The molecule has 21 heavy (non-hydrogen) atoms. The molecule has 2 rings (SSSR count). The van der Waals surface area contributed by atoms with Crippen molar-refractivity contribution in [2.75, 3.05) is 11.4 Å². The predicted molar refractivity (Wildman–Crippen MR) is 86.4 cm³/mol. The first-order valence-electron chi connectivity index (χ1n) is 6.94. The lowest BCUT2D eigenvalue weighted by molar-refractivity contribution is 0.804. The van der Waals surface area contributed by atoms with Crippen molar-refractivity contribution < 1.29 is 0 Å². The van der Waals surface area contributed by atoms with Crippen LogP contribution in [0.1, 0.15) is 29.4 Å². The van der Waals surface area contributed by atoms with Crippen molar-refractivity contribution in [3.63, 3.8) is 0 Å². The van der Waals surface area contributed by atoms with Gasteiger partial charge < -0.3 is 4.90 Å². The van der Waals surface area contributed by atoms with Gasteiger partial charge in [0.25, 0.3) is 0 Å². The molecule has 4 heteroatoms. The van der Waals surface area contributed by atoms with E-state index in [-0.39, 0.29) is 0 Å². The molecule has 108 valence electrons. The van der Waals surface area contributed by atoms with Gasteiger partial charge in [0.15, 0.2) is 0 Å². The molecule has 0 bridgehead atoms. The first kappa shape index (κ1) is 15.3. The van der Waals surface area contributed by atoms with E-state index in [0.717, 1.165) is 29.2 Å². The quantitative estimate of drug-likeness (QED) is 0.783. The maximum atomic E-state index is 9.36. The van der Waals surface area contributed by atoms with Gasteiger partial charge in [0.1, 0.15) is 6.07 Å². The van der Waals surface area contributed by atoms with Gasteiger partial charge in [-0.1, -0.05) is 12.1 Å². The molecule has 0 amide bonds. The Morgan fingerprint density at radius 1 is 1.29 bits per heavy atom. The number of aryl methyl sites for hydroxylation is 1. The van der Waals surface area contributed by atoms with Crippen LogP contribution in [0.3, 0.4) is 0 Å². The number of hydrogen-bond acceptors (Lipinski definition) is 3. The minimum Gasteiger partial charge on any atom is -0.365 e. The van der Waals surface area contributed by atoms with Gasteiger partial charge in [-0.2, -0.15) is 5.26 Å². The van der Waals surface area contributed by atoms with E-state index in [1.165, 1.54) is 0 Å². The van der Waals surface area contributed by atoms with Crippen LogP contribution in [0.4, 0.5) is 5.69 Å². The summed E-state index contributed by atoms with van der Waals surface area (Å²) in [4.78, 5) is 6.68. The zero-order chi connectivity index (χ0) is 15.2. The van der Waals surface area contributed by atoms with Crippen molar-refractivity contribution >= 4 is 17.3 Å². The Balaban J connectivity index is 2.31. The Labute approximate surface area is 130 Å². The van der Waals surface area contributed by atoms with Crippen LogP contribution >= 0.6 is 11.6 Å². The van der Waals surface area contributed by atoms with Crippen molar-refractivity contribution in [3.05, 3.63) is 58.9 Å². The molecule has 0 radical (unpaired) electrons. The average Bonchev–Trinajstić information content (AvgIpc) is 2.52. The summed E-state index contributed by atoms with van der Waals surface area (Å²) in [6.45, 7) is 5.56.